The van der Waals surface area contributed by atoms with E-state index in [0.29, 0.717) is 29.2 Å². The van der Waals surface area contributed by atoms with Gasteiger partial charge in [0.05, 0.1) is 5.69 Å². The minimum absolute atomic E-state index is 0.172. The summed E-state index contributed by atoms with van der Waals surface area (Å²) in [5, 5.41) is 7.02. The van der Waals surface area contributed by atoms with Crippen molar-refractivity contribution >= 4 is 11.6 Å². The summed E-state index contributed by atoms with van der Waals surface area (Å²) in [4.78, 5) is 21.1. The van der Waals surface area contributed by atoms with Gasteiger partial charge >= 0.3 is 0 Å². The lowest BCUT2D eigenvalue weighted by molar-refractivity contribution is 0.0950. The SMILES string of the molecule is Cc1onc(-c2ccncc2)c1C(=O)NCCCN1CCN(c2ccccc2F)CC1. The molecule has 4 rings (SSSR count). The Bertz CT molecular complexity index is 1020. The highest BCUT2D eigenvalue weighted by atomic mass is 19.1. The Hall–Kier alpha value is -3.26. The molecule has 1 N–H and O–H groups in total. The van der Waals surface area contributed by atoms with E-state index in [1.54, 1.807) is 37.5 Å². The summed E-state index contributed by atoms with van der Waals surface area (Å²) in [6, 6.07) is 10.5. The van der Waals surface area contributed by atoms with Crippen molar-refractivity contribution in [3.63, 3.8) is 0 Å². The molecular formula is C23H26FN5O2. The van der Waals surface area contributed by atoms with E-state index in [2.05, 4.69) is 25.3 Å². The third-order valence-electron chi connectivity index (χ3n) is 5.55. The maximum absolute atomic E-state index is 14.0. The van der Waals surface area contributed by atoms with Crippen LogP contribution in [-0.2, 0) is 0 Å². The number of aromatic nitrogens is 2. The Balaban J connectivity index is 1.24. The average Bonchev–Trinajstić information content (AvgIpc) is 3.19. The number of benzene rings is 1. The van der Waals surface area contributed by atoms with Crippen LogP contribution in [0.2, 0.25) is 0 Å². The molecule has 162 valence electrons. The van der Waals surface area contributed by atoms with Crippen molar-refractivity contribution in [2.45, 2.75) is 13.3 Å². The molecule has 0 saturated carbocycles. The Morgan fingerprint density at radius 3 is 2.61 bits per heavy atom. The molecule has 1 aliphatic heterocycles. The van der Waals surface area contributed by atoms with Gasteiger partial charge in [0.1, 0.15) is 22.8 Å². The molecule has 0 bridgehead atoms. The van der Waals surface area contributed by atoms with Gasteiger partial charge in [0.15, 0.2) is 0 Å². The normalized spacial score (nSPS) is 14.6. The van der Waals surface area contributed by atoms with Crippen molar-refractivity contribution in [1.29, 1.82) is 0 Å². The number of rotatable bonds is 7. The van der Waals surface area contributed by atoms with Crippen molar-refractivity contribution in [3.05, 3.63) is 65.9 Å². The molecule has 1 aromatic carbocycles. The first-order chi connectivity index (χ1) is 15.1. The molecule has 1 saturated heterocycles. The maximum Gasteiger partial charge on any atom is 0.257 e. The molecule has 0 radical (unpaired) electrons. The number of hydrogen-bond donors (Lipinski definition) is 1. The van der Waals surface area contributed by atoms with Gasteiger partial charge in [-0.2, -0.15) is 0 Å². The third kappa shape index (κ3) is 4.91. The van der Waals surface area contributed by atoms with Gasteiger partial charge in [-0.1, -0.05) is 17.3 Å². The van der Waals surface area contributed by atoms with E-state index in [1.807, 2.05) is 12.1 Å². The quantitative estimate of drug-likeness (QED) is 0.589. The van der Waals surface area contributed by atoms with Crippen LogP contribution >= 0.6 is 0 Å². The zero-order valence-electron chi connectivity index (χ0n) is 17.6. The van der Waals surface area contributed by atoms with Crippen LogP contribution in [-0.4, -0.2) is 60.2 Å². The minimum atomic E-state index is -0.185. The van der Waals surface area contributed by atoms with Crippen molar-refractivity contribution in [3.8, 4) is 11.3 Å². The molecule has 0 aliphatic carbocycles. The smallest absolute Gasteiger partial charge is 0.257 e. The van der Waals surface area contributed by atoms with Gasteiger partial charge in [-0.25, -0.2) is 4.39 Å². The van der Waals surface area contributed by atoms with Gasteiger partial charge < -0.3 is 14.7 Å². The Morgan fingerprint density at radius 2 is 1.87 bits per heavy atom. The number of pyridine rings is 1. The first-order valence-corrected chi connectivity index (χ1v) is 10.5. The molecule has 0 unspecified atom stereocenters. The molecule has 1 fully saturated rings. The van der Waals surface area contributed by atoms with Crippen molar-refractivity contribution < 1.29 is 13.7 Å². The summed E-state index contributed by atoms with van der Waals surface area (Å²) >= 11 is 0. The summed E-state index contributed by atoms with van der Waals surface area (Å²) in [6.07, 6.45) is 4.15. The Morgan fingerprint density at radius 1 is 1.13 bits per heavy atom. The summed E-state index contributed by atoms with van der Waals surface area (Å²) in [5.41, 5.74) is 2.46. The number of hydrogen-bond acceptors (Lipinski definition) is 6. The number of aryl methyl sites for hydroxylation is 1. The van der Waals surface area contributed by atoms with Gasteiger partial charge in [-0.3, -0.25) is 14.7 Å². The van der Waals surface area contributed by atoms with E-state index in [1.165, 1.54) is 6.07 Å². The number of nitrogens with zero attached hydrogens (tertiary/aromatic N) is 4. The minimum Gasteiger partial charge on any atom is -0.367 e. The van der Waals surface area contributed by atoms with Gasteiger partial charge in [0, 0.05) is 50.7 Å². The first kappa shape index (κ1) is 21.0. The molecule has 0 spiro atoms. The second-order valence-corrected chi connectivity index (χ2v) is 7.59. The number of halogens is 1. The van der Waals surface area contributed by atoms with Crippen LogP contribution in [0.3, 0.4) is 0 Å². The van der Waals surface area contributed by atoms with Gasteiger partial charge in [-0.05, 0) is 44.2 Å². The van der Waals surface area contributed by atoms with Gasteiger partial charge in [-0.15, -0.1) is 0 Å². The fourth-order valence-electron chi connectivity index (χ4n) is 3.86. The zero-order chi connectivity index (χ0) is 21.6. The van der Waals surface area contributed by atoms with Crippen LogP contribution in [0.15, 0.2) is 53.3 Å². The van der Waals surface area contributed by atoms with Crippen LogP contribution in [0.25, 0.3) is 11.3 Å². The number of amides is 1. The van der Waals surface area contributed by atoms with E-state index < -0.39 is 0 Å². The van der Waals surface area contributed by atoms with Crippen LogP contribution in [0, 0.1) is 12.7 Å². The topological polar surface area (TPSA) is 74.5 Å². The molecule has 0 atom stereocenters. The molecule has 3 aromatic rings. The van der Waals surface area contributed by atoms with Crippen LogP contribution in [0.4, 0.5) is 10.1 Å². The monoisotopic (exact) mass is 423 g/mol. The first-order valence-electron chi connectivity index (χ1n) is 10.5. The number of carbonyl (C=O) groups is 1. The average molecular weight is 423 g/mol. The van der Waals surface area contributed by atoms with Crippen LogP contribution < -0.4 is 10.2 Å². The molecule has 8 heteroatoms. The number of piperazine rings is 1. The third-order valence-corrected chi connectivity index (χ3v) is 5.55. The van der Waals surface area contributed by atoms with E-state index in [0.717, 1.165) is 44.7 Å². The van der Waals surface area contributed by atoms with Gasteiger partial charge in [0.2, 0.25) is 0 Å². The summed E-state index contributed by atoms with van der Waals surface area (Å²) in [7, 11) is 0. The van der Waals surface area contributed by atoms with Crippen molar-refractivity contribution in [2.24, 2.45) is 0 Å². The van der Waals surface area contributed by atoms with E-state index >= 15 is 0 Å². The van der Waals surface area contributed by atoms with Crippen LogP contribution in [0.1, 0.15) is 22.5 Å². The highest BCUT2D eigenvalue weighted by Gasteiger charge is 2.22. The molecular weight excluding hydrogens is 397 g/mol. The number of carbonyl (C=O) groups excluding carboxylic acids is 1. The van der Waals surface area contributed by atoms with Crippen LogP contribution in [0.5, 0.6) is 0 Å². The lowest BCUT2D eigenvalue weighted by atomic mass is 10.1. The molecule has 3 heterocycles. The number of nitrogens with one attached hydrogen (secondary N) is 1. The van der Waals surface area contributed by atoms with E-state index in [4.69, 9.17) is 4.52 Å². The Kier molecular flexibility index (Phi) is 6.57. The predicted octanol–water partition coefficient (Wildman–Crippen LogP) is 3.13. The molecule has 2 aromatic heterocycles. The number of para-hydroxylation sites is 1. The highest BCUT2D eigenvalue weighted by Crippen LogP contribution is 2.24. The second-order valence-electron chi connectivity index (χ2n) is 7.59. The molecule has 7 nitrogen and oxygen atoms in total. The maximum atomic E-state index is 14.0. The summed E-state index contributed by atoms with van der Waals surface area (Å²) in [5.74, 6) is 0.136. The highest BCUT2D eigenvalue weighted by molar-refractivity contribution is 6.00. The van der Waals surface area contributed by atoms with E-state index in [-0.39, 0.29) is 11.7 Å². The molecule has 31 heavy (non-hydrogen) atoms. The second kappa shape index (κ2) is 9.70. The zero-order valence-corrected chi connectivity index (χ0v) is 17.6. The summed E-state index contributed by atoms with van der Waals surface area (Å²) in [6.45, 7) is 6.52. The van der Waals surface area contributed by atoms with Crippen molar-refractivity contribution in [1.82, 2.24) is 20.4 Å². The number of anilines is 1. The molecule has 1 aliphatic rings. The standard InChI is InChI=1S/C23H26FN5O2/c1-17-21(22(27-31-17)18-7-10-25-11-8-18)23(30)26-9-4-12-28-13-15-29(16-14-28)20-6-3-2-5-19(20)24/h2-3,5-8,10-11H,4,9,12-16H2,1H3,(H,26,30). The van der Waals surface area contributed by atoms with Crippen molar-refractivity contribution in [2.75, 3.05) is 44.2 Å². The predicted molar refractivity (Wildman–Crippen MR) is 116 cm³/mol. The lowest BCUT2D eigenvalue weighted by Gasteiger charge is -2.36. The lowest BCUT2D eigenvalue weighted by Crippen LogP contribution is -2.47. The Labute approximate surface area is 180 Å². The fraction of sp³-hybridized carbons (Fsp3) is 0.348. The molecule has 1 amide bonds. The van der Waals surface area contributed by atoms with Gasteiger partial charge in [0.25, 0.3) is 5.91 Å². The largest absolute Gasteiger partial charge is 0.367 e. The summed E-state index contributed by atoms with van der Waals surface area (Å²) < 4.78 is 19.2. The van der Waals surface area contributed by atoms with E-state index in [9.17, 15) is 9.18 Å². The fourth-order valence-corrected chi connectivity index (χ4v) is 3.86.